The number of rotatable bonds is 4. The summed E-state index contributed by atoms with van der Waals surface area (Å²) in [6.45, 7) is 1.87. The number of hydrogen-bond donors (Lipinski definition) is 2. The van der Waals surface area contributed by atoms with Crippen LogP contribution in [0.15, 0.2) is 48.5 Å². The summed E-state index contributed by atoms with van der Waals surface area (Å²) in [4.78, 5) is 27.1. The highest BCUT2D eigenvalue weighted by molar-refractivity contribution is 7.17. The largest absolute Gasteiger partial charge is 0.322 e. The summed E-state index contributed by atoms with van der Waals surface area (Å²) in [5, 5.41) is 7.18. The first-order valence-electron chi connectivity index (χ1n) is 9.62. The Bertz CT molecular complexity index is 1080. The molecule has 2 N–H and O–H groups in total. The van der Waals surface area contributed by atoms with Gasteiger partial charge in [0.05, 0.1) is 5.56 Å². The maximum Gasteiger partial charge on any atom is 0.258 e. The standard InChI is InChI=1S/C23H21ClN2O2S/c1-14-17(24)11-7-12-18(14)25-22(28)20-16-10-5-6-13-19(16)29-23(20)26-21(27)15-8-3-2-4-9-15/h2-4,7-9,11-12H,5-6,10,13H2,1H3,(H,25,28)(H,26,27). The highest BCUT2D eigenvalue weighted by atomic mass is 35.5. The molecular formula is C23H21ClN2O2S. The lowest BCUT2D eigenvalue weighted by Gasteiger charge is -2.14. The third-order valence-electron chi connectivity index (χ3n) is 5.18. The number of aryl methyl sites for hydroxylation is 1. The van der Waals surface area contributed by atoms with Crippen LogP contribution in [0, 0.1) is 6.92 Å². The summed E-state index contributed by atoms with van der Waals surface area (Å²) < 4.78 is 0. The lowest BCUT2D eigenvalue weighted by molar-refractivity contribution is 0.102. The molecule has 4 nitrogen and oxygen atoms in total. The monoisotopic (exact) mass is 424 g/mol. The van der Waals surface area contributed by atoms with Crippen LogP contribution in [0.3, 0.4) is 0 Å². The molecule has 2 amide bonds. The van der Waals surface area contributed by atoms with E-state index in [9.17, 15) is 9.59 Å². The van der Waals surface area contributed by atoms with Gasteiger partial charge in [0, 0.05) is 21.2 Å². The Morgan fingerprint density at radius 2 is 1.69 bits per heavy atom. The van der Waals surface area contributed by atoms with Gasteiger partial charge in [0.15, 0.2) is 0 Å². The number of benzene rings is 2. The average molecular weight is 425 g/mol. The van der Waals surface area contributed by atoms with Gasteiger partial charge in [-0.15, -0.1) is 11.3 Å². The fraction of sp³-hybridized carbons (Fsp3) is 0.217. The van der Waals surface area contributed by atoms with Crippen LogP contribution in [0.2, 0.25) is 5.02 Å². The number of amides is 2. The predicted octanol–water partition coefficient (Wildman–Crippen LogP) is 6.09. The third kappa shape index (κ3) is 4.07. The fourth-order valence-electron chi connectivity index (χ4n) is 3.59. The van der Waals surface area contributed by atoms with Crippen molar-refractivity contribution in [2.24, 2.45) is 0 Å². The van der Waals surface area contributed by atoms with Gasteiger partial charge in [0.1, 0.15) is 5.00 Å². The van der Waals surface area contributed by atoms with Crippen molar-refractivity contribution in [1.82, 2.24) is 0 Å². The lowest BCUT2D eigenvalue weighted by Crippen LogP contribution is -2.19. The molecule has 0 spiro atoms. The van der Waals surface area contributed by atoms with Crippen LogP contribution in [-0.2, 0) is 12.8 Å². The zero-order valence-electron chi connectivity index (χ0n) is 16.0. The molecule has 1 heterocycles. The minimum absolute atomic E-state index is 0.210. The molecule has 1 aromatic heterocycles. The van der Waals surface area contributed by atoms with Gasteiger partial charge in [-0.1, -0.05) is 35.9 Å². The first-order chi connectivity index (χ1) is 14.0. The second-order valence-corrected chi connectivity index (χ2v) is 8.61. The first-order valence-corrected chi connectivity index (χ1v) is 10.8. The van der Waals surface area contributed by atoms with Gasteiger partial charge in [0.2, 0.25) is 0 Å². The molecule has 1 aliphatic rings. The fourth-order valence-corrected chi connectivity index (χ4v) is 5.04. The molecule has 0 atom stereocenters. The van der Waals surface area contributed by atoms with E-state index >= 15 is 0 Å². The van der Waals surface area contributed by atoms with Crippen molar-refractivity contribution in [1.29, 1.82) is 0 Å². The molecule has 1 aliphatic carbocycles. The van der Waals surface area contributed by atoms with Crippen molar-refractivity contribution in [3.63, 3.8) is 0 Å². The van der Waals surface area contributed by atoms with E-state index in [4.69, 9.17) is 11.6 Å². The van der Waals surface area contributed by atoms with E-state index in [-0.39, 0.29) is 11.8 Å². The van der Waals surface area contributed by atoms with E-state index in [2.05, 4.69) is 10.6 Å². The van der Waals surface area contributed by atoms with Crippen LogP contribution in [0.1, 0.15) is 49.6 Å². The highest BCUT2D eigenvalue weighted by Crippen LogP contribution is 2.39. The molecule has 29 heavy (non-hydrogen) atoms. The van der Waals surface area contributed by atoms with E-state index < -0.39 is 0 Å². The number of carbonyl (C=O) groups excluding carboxylic acids is 2. The van der Waals surface area contributed by atoms with E-state index in [0.29, 0.717) is 26.8 Å². The van der Waals surface area contributed by atoms with Crippen LogP contribution in [-0.4, -0.2) is 11.8 Å². The van der Waals surface area contributed by atoms with E-state index in [1.165, 1.54) is 16.2 Å². The Kier molecular flexibility index (Phi) is 5.69. The molecule has 0 fully saturated rings. The highest BCUT2D eigenvalue weighted by Gasteiger charge is 2.27. The summed E-state index contributed by atoms with van der Waals surface area (Å²) >= 11 is 7.71. The summed E-state index contributed by atoms with van der Waals surface area (Å²) in [7, 11) is 0. The zero-order valence-corrected chi connectivity index (χ0v) is 17.6. The molecule has 0 saturated heterocycles. The summed E-state index contributed by atoms with van der Waals surface area (Å²) in [6.07, 6.45) is 3.95. The van der Waals surface area contributed by atoms with Gasteiger partial charge in [-0.25, -0.2) is 0 Å². The maximum absolute atomic E-state index is 13.3. The first kappa shape index (κ1) is 19.7. The van der Waals surface area contributed by atoms with Crippen molar-refractivity contribution in [2.75, 3.05) is 10.6 Å². The van der Waals surface area contributed by atoms with Gasteiger partial charge in [-0.3, -0.25) is 9.59 Å². The average Bonchev–Trinajstić information content (AvgIpc) is 3.10. The molecule has 0 saturated carbocycles. The maximum atomic E-state index is 13.3. The second-order valence-electron chi connectivity index (χ2n) is 7.10. The number of hydrogen-bond acceptors (Lipinski definition) is 3. The van der Waals surface area contributed by atoms with Gasteiger partial charge in [-0.05, 0) is 68.0 Å². The molecule has 2 aromatic carbocycles. The minimum Gasteiger partial charge on any atom is -0.322 e. The third-order valence-corrected chi connectivity index (χ3v) is 6.79. The van der Waals surface area contributed by atoms with Crippen molar-refractivity contribution in [3.05, 3.63) is 80.7 Å². The molecule has 0 bridgehead atoms. The van der Waals surface area contributed by atoms with Gasteiger partial charge in [0.25, 0.3) is 11.8 Å². The smallest absolute Gasteiger partial charge is 0.258 e. The number of thiophene rings is 1. The van der Waals surface area contributed by atoms with Gasteiger partial charge >= 0.3 is 0 Å². The van der Waals surface area contributed by atoms with Crippen LogP contribution in [0.25, 0.3) is 0 Å². The normalized spacial score (nSPS) is 12.9. The van der Waals surface area contributed by atoms with Gasteiger partial charge in [-0.2, -0.15) is 0 Å². The predicted molar refractivity (Wildman–Crippen MR) is 119 cm³/mol. The molecule has 0 unspecified atom stereocenters. The molecule has 6 heteroatoms. The van der Waals surface area contributed by atoms with Crippen LogP contribution >= 0.6 is 22.9 Å². The summed E-state index contributed by atoms with van der Waals surface area (Å²) in [6, 6.07) is 14.5. The van der Waals surface area contributed by atoms with Crippen molar-refractivity contribution in [3.8, 4) is 0 Å². The van der Waals surface area contributed by atoms with Crippen molar-refractivity contribution in [2.45, 2.75) is 32.6 Å². The van der Waals surface area contributed by atoms with E-state index in [1.54, 1.807) is 18.2 Å². The Labute approximate surface area is 178 Å². The number of fused-ring (bicyclic) bond motifs is 1. The van der Waals surface area contributed by atoms with Crippen LogP contribution in [0.4, 0.5) is 10.7 Å². The number of carbonyl (C=O) groups is 2. The van der Waals surface area contributed by atoms with Crippen LogP contribution in [0.5, 0.6) is 0 Å². The molecule has 4 rings (SSSR count). The van der Waals surface area contributed by atoms with Crippen molar-refractivity contribution < 1.29 is 9.59 Å². The number of nitrogens with one attached hydrogen (secondary N) is 2. The Hall–Kier alpha value is -2.63. The summed E-state index contributed by atoms with van der Waals surface area (Å²) in [5.41, 5.74) is 3.70. The SMILES string of the molecule is Cc1c(Cl)cccc1NC(=O)c1c(NC(=O)c2ccccc2)sc2c1CCCC2. The number of halogens is 1. The molecule has 148 valence electrons. The van der Waals surface area contributed by atoms with Crippen molar-refractivity contribution >= 4 is 45.4 Å². The number of anilines is 2. The summed E-state index contributed by atoms with van der Waals surface area (Å²) in [5.74, 6) is -0.421. The van der Waals surface area contributed by atoms with E-state index in [1.807, 2.05) is 37.3 Å². The molecule has 0 radical (unpaired) electrons. The Morgan fingerprint density at radius 1 is 0.931 bits per heavy atom. The van der Waals surface area contributed by atoms with Crippen LogP contribution < -0.4 is 10.6 Å². The lowest BCUT2D eigenvalue weighted by atomic mass is 9.95. The second kappa shape index (κ2) is 8.39. The topological polar surface area (TPSA) is 58.2 Å². The zero-order chi connectivity index (χ0) is 20.4. The molecule has 0 aliphatic heterocycles. The van der Waals surface area contributed by atoms with Gasteiger partial charge < -0.3 is 10.6 Å². The Balaban J connectivity index is 1.68. The Morgan fingerprint density at radius 3 is 2.48 bits per heavy atom. The molecule has 3 aromatic rings. The minimum atomic E-state index is -0.211. The quantitative estimate of drug-likeness (QED) is 0.532. The van der Waals surface area contributed by atoms with E-state index in [0.717, 1.165) is 36.8 Å². The molecular weight excluding hydrogens is 404 g/mol.